The van der Waals surface area contributed by atoms with Gasteiger partial charge in [-0.15, -0.1) is 0 Å². The Balaban J connectivity index is 0.000000148. The summed E-state index contributed by atoms with van der Waals surface area (Å²) in [5.74, 6) is 0. The van der Waals surface area contributed by atoms with Crippen molar-refractivity contribution in [1.82, 2.24) is 0 Å². The SMILES string of the molecule is C1CCOC1.C=COC. The summed E-state index contributed by atoms with van der Waals surface area (Å²) in [6.45, 7) is 5.26. The van der Waals surface area contributed by atoms with Gasteiger partial charge in [0.15, 0.2) is 0 Å². The largest absolute Gasteiger partial charge is 0.505 e. The maximum atomic E-state index is 4.94. The maximum Gasteiger partial charge on any atom is 0.0766 e. The number of methoxy groups -OCH3 is 1. The lowest BCUT2D eigenvalue weighted by molar-refractivity contribution is 0.198. The fraction of sp³-hybridized carbons (Fsp3) is 0.714. The molecule has 0 N–H and O–H groups in total. The second kappa shape index (κ2) is 7.50. The third kappa shape index (κ3) is 7.50. The second-order valence-electron chi connectivity index (χ2n) is 1.72. The quantitative estimate of drug-likeness (QED) is 0.502. The van der Waals surface area contributed by atoms with Gasteiger partial charge in [0.25, 0.3) is 0 Å². The summed E-state index contributed by atoms with van der Waals surface area (Å²) < 4.78 is 9.25. The van der Waals surface area contributed by atoms with E-state index in [9.17, 15) is 0 Å². The van der Waals surface area contributed by atoms with E-state index in [1.807, 2.05) is 0 Å². The van der Waals surface area contributed by atoms with Gasteiger partial charge in [0.05, 0.1) is 13.4 Å². The van der Waals surface area contributed by atoms with Gasteiger partial charge in [-0.3, -0.25) is 0 Å². The molecule has 0 spiro atoms. The number of rotatable bonds is 1. The third-order valence-corrected chi connectivity index (χ3v) is 0.994. The Kier molecular flexibility index (Phi) is 7.08. The van der Waals surface area contributed by atoms with E-state index in [0.717, 1.165) is 13.2 Å². The molecule has 0 saturated carbocycles. The van der Waals surface area contributed by atoms with E-state index in [4.69, 9.17) is 4.74 Å². The zero-order chi connectivity index (χ0) is 6.95. The second-order valence-corrected chi connectivity index (χ2v) is 1.72. The molecule has 0 aromatic carbocycles. The lowest BCUT2D eigenvalue weighted by Gasteiger charge is -1.76. The Morgan fingerprint density at radius 1 is 1.44 bits per heavy atom. The van der Waals surface area contributed by atoms with Crippen molar-refractivity contribution in [3.8, 4) is 0 Å². The normalized spacial score (nSPS) is 15.7. The van der Waals surface area contributed by atoms with Crippen molar-refractivity contribution >= 4 is 0 Å². The van der Waals surface area contributed by atoms with Crippen molar-refractivity contribution in [3.63, 3.8) is 0 Å². The monoisotopic (exact) mass is 130 g/mol. The number of hydrogen-bond acceptors (Lipinski definition) is 2. The highest BCUT2D eigenvalue weighted by Crippen LogP contribution is 1.98. The first kappa shape index (κ1) is 8.50. The Bertz CT molecular complexity index is 50.3. The van der Waals surface area contributed by atoms with E-state index in [0.29, 0.717) is 0 Å². The van der Waals surface area contributed by atoms with Gasteiger partial charge in [0.2, 0.25) is 0 Å². The summed E-state index contributed by atoms with van der Waals surface area (Å²) in [7, 11) is 1.56. The van der Waals surface area contributed by atoms with E-state index in [2.05, 4.69) is 11.3 Å². The fourth-order valence-electron chi connectivity index (χ4n) is 0.510. The first-order valence-electron chi connectivity index (χ1n) is 3.13. The molecule has 1 heterocycles. The average molecular weight is 130 g/mol. The molecule has 9 heavy (non-hydrogen) atoms. The minimum atomic E-state index is 1.00. The van der Waals surface area contributed by atoms with Crippen molar-refractivity contribution in [2.24, 2.45) is 0 Å². The van der Waals surface area contributed by atoms with Crippen molar-refractivity contribution < 1.29 is 9.47 Å². The van der Waals surface area contributed by atoms with Gasteiger partial charge in [0, 0.05) is 13.2 Å². The summed E-state index contributed by atoms with van der Waals surface area (Å²) >= 11 is 0. The van der Waals surface area contributed by atoms with E-state index in [1.165, 1.54) is 19.1 Å². The highest BCUT2D eigenvalue weighted by atomic mass is 16.5. The molecule has 0 aromatic rings. The Morgan fingerprint density at radius 3 is 2.00 bits per heavy atom. The zero-order valence-corrected chi connectivity index (χ0v) is 5.93. The molecule has 0 unspecified atom stereocenters. The van der Waals surface area contributed by atoms with Crippen LogP contribution in [0.2, 0.25) is 0 Å². The molecule has 1 rings (SSSR count). The van der Waals surface area contributed by atoms with Crippen LogP contribution < -0.4 is 0 Å². The molecule has 1 aliphatic heterocycles. The topological polar surface area (TPSA) is 18.5 Å². The van der Waals surface area contributed by atoms with E-state index in [-0.39, 0.29) is 0 Å². The molecule has 0 aromatic heterocycles. The summed E-state index contributed by atoms with van der Waals surface area (Å²) in [4.78, 5) is 0. The van der Waals surface area contributed by atoms with Crippen molar-refractivity contribution in [1.29, 1.82) is 0 Å². The molecule has 1 fully saturated rings. The molecule has 1 saturated heterocycles. The maximum absolute atomic E-state index is 4.94. The van der Waals surface area contributed by atoms with Gasteiger partial charge < -0.3 is 9.47 Å². The van der Waals surface area contributed by atoms with Crippen LogP contribution in [0.3, 0.4) is 0 Å². The van der Waals surface area contributed by atoms with E-state index >= 15 is 0 Å². The van der Waals surface area contributed by atoms with Crippen LogP contribution >= 0.6 is 0 Å². The molecular formula is C7H14O2. The smallest absolute Gasteiger partial charge is 0.0766 e. The van der Waals surface area contributed by atoms with Crippen molar-refractivity contribution in [2.75, 3.05) is 20.3 Å². The Labute approximate surface area is 56.5 Å². The van der Waals surface area contributed by atoms with Crippen molar-refractivity contribution in [2.45, 2.75) is 12.8 Å². The van der Waals surface area contributed by atoms with Crippen LogP contribution in [0.1, 0.15) is 12.8 Å². The summed E-state index contributed by atoms with van der Waals surface area (Å²) in [5, 5.41) is 0. The predicted octanol–water partition coefficient (Wildman–Crippen LogP) is 1.57. The summed E-state index contributed by atoms with van der Waals surface area (Å²) in [6, 6.07) is 0. The standard InChI is InChI=1S/C4H8O.C3H6O/c1-2-4-5-3-1;1-3-4-2/h1-4H2;3H,1H2,2H3. The average Bonchev–Trinajstić information content (AvgIpc) is 2.43. The van der Waals surface area contributed by atoms with E-state index in [1.54, 1.807) is 7.11 Å². The van der Waals surface area contributed by atoms with Crippen LogP contribution in [0.5, 0.6) is 0 Å². The third-order valence-electron chi connectivity index (χ3n) is 0.994. The molecular weight excluding hydrogens is 116 g/mol. The van der Waals surface area contributed by atoms with Crippen LogP contribution in [0.4, 0.5) is 0 Å². The molecule has 0 aliphatic carbocycles. The fourth-order valence-corrected chi connectivity index (χ4v) is 0.510. The molecule has 0 bridgehead atoms. The predicted molar refractivity (Wildman–Crippen MR) is 37.3 cm³/mol. The van der Waals surface area contributed by atoms with Crippen LogP contribution in [0.15, 0.2) is 12.8 Å². The van der Waals surface area contributed by atoms with Crippen LogP contribution in [-0.4, -0.2) is 20.3 Å². The molecule has 0 atom stereocenters. The van der Waals surface area contributed by atoms with Gasteiger partial charge in [0.1, 0.15) is 0 Å². The molecule has 2 heteroatoms. The molecule has 54 valence electrons. The molecule has 0 amide bonds. The first-order chi connectivity index (χ1) is 4.41. The summed E-state index contributed by atoms with van der Waals surface area (Å²) in [6.07, 6.45) is 3.93. The van der Waals surface area contributed by atoms with Gasteiger partial charge in [-0.2, -0.15) is 0 Å². The van der Waals surface area contributed by atoms with Crippen molar-refractivity contribution in [3.05, 3.63) is 12.8 Å². The van der Waals surface area contributed by atoms with Crippen LogP contribution in [0.25, 0.3) is 0 Å². The highest BCUT2D eigenvalue weighted by molar-refractivity contribution is 4.43. The van der Waals surface area contributed by atoms with E-state index < -0.39 is 0 Å². The van der Waals surface area contributed by atoms with Crippen LogP contribution in [-0.2, 0) is 9.47 Å². The minimum Gasteiger partial charge on any atom is -0.505 e. The lowest BCUT2D eigenvalue weighted by Crippen LogP contribution is -1.74. The minimum absolute atomic E-state index is 1.00. The van der Waals surface area contributed by atoms with Crippen LogP contribution in [0, 0.1) is 0 Å². The first-order valence-corrected chi connectivity index (χ1v) is 3.13. The Morgan fingerprint density at radius 2 is 1.89 bits per heavy atom. The van der Waals surface area contributed by atoms with Gasteiger partial charge in [-0.25, -0.2) is 0 Å². The van der Waals surface area contributed by atoms with Gasteiger partial charge in [-0.1, -0.05) is 6.58 Å². The number of hydrogen-bond donors (Lipinski definition) is 0. The molecule has 0 radical (unpaired) electrons. The highest BCUT2D eigenvalue weighted by Gasteiger charge is 1.94. The van der Waals surface area contributed by atoms with Gasteiger partial charge >= 0.3 is 0 Å². The summed E-state index contributed by atoms with van der Waals surface area (Å²) in [5.41, 5.74) is 0. The Hall–Kier alpha value is -0.500. The number of ether oxygens (including phenoxy) is 2. The lowest BCUT2D eigenvalue weighted by atomic mass is 10.4. The zero-order valence-electron chi connectivity index (χ0n) is 5.93. The van der Waals surface area contributed by atoms with Gasteiger partial charge in [-0.05, 0) is 12.8 Å². The molecule has 1 aliphatic rings. The molecule has 2 nitrogen and oxygen atoms in total.